The van der Waals surface area contributed by atoms with E-state index >= 15 is 0 Å². The van der Waals surface area contributed by atoms with Crippen LogP contribution < -0.4 is 9.47 Å². The molecule has 0 saturated heterocycles. The lowest BCUT2D eigenvalue weighted by Crippen LogP contribution is -2.07. The molecule has 0 bridgehead atoms. The minimum atomic E-state index is -0.928. The van der Waals surface area contributed by atoms with Gasteiger partial charge in [-0.05, 0) is 49.7 Å². The number of rotatable bonds is 8. The molecule has 31 heavy (non-hydrogen) atoms. The van der Waals surface area contributed by atoms with E-state index in [2.05, 4.69) is 15.0 Å². The first kappa shape index (κ1) is 20.4. The average Bonchev–Trinajstić information content (AvgIpc) is 3.16. The zero-order chi connectivity index (χ0) is 21.8. The summed E-state index contributed by atoms with van der Waals surface area (Å²) in [6.45, 7) is 4.37. The fourth-order valence-electron chi connectivity index (χ4n) is 3.20. The highest BCUT2D eigenvalue weighted by Gasteiger charge is 2.15. The lowest BCUT2D eigenvalue weighted by molar-refractivity contribution is -0.136. The van der Waals surface area contributed by atoms with Crippen molar-refractivity contribution in [2.75, 3.05) is 0 Å². The number of fused-ring (bicyclic) bond motifs is 1. The molecule has 2 aromatic carbocycles. The largest absolute Gasteiger partial charge is 0.490 e. The van der Waals surface area contributed by atoms with Crippen LogP contribution in [0.5, 0.6) is 11.5 Å². The molecule has 4 aromatic rings. The van der Waals surface area contributed by atoms with Gasteiger partial charge in [0, 0.05) is 0 Å². The van der Waals surface area contributed by atoms with E-state index in [1.54, 1.807) is 12.1 Å². The number of imidazole rings is 1. The molecule has 158 valence electrons. The molecule has 0 aliphatic heterocycles. The minimum absolute atomic E-state index is 0.0143. The summed E-state index contributed by atoms with van der Waals surface area (Å²) < 4.78 is 11.9. The van der Waals surface area contributed by atoms with E-state index in [1.165, 1.54) is 0 Å². The Bertz CT molecular complexity index is 1200. The van der Waals surface area contributed by atoms with Crippen LogP contribution in [0.15, 0.2) is 60.7 Å². The van der Waals surface area contributed by atoms with Gasteiger partial charge in [0.05, 0.1) is 23.8 Å². The standard InChI is InChI=1S/C24H23N3O4/c1-15(2)31-21-11-9-18(30-14-16-6-4-3-5-7-16)13-19(21)23-26-20-10-8-17(12-22(28)29)25-24(20)27-23/h3-11,13,15H,12,14H2,1-2H3,(H,28,29)(H,25,26,27). The number of nitrogens with one attached hydrogen (secondary N) is 1. The molecule has 0 aliphatic carbocycles. The number of H-pyrrole nitrogens is 1. The van der Waals surface area contributed by atoms with Crippen LogP contribution in [0.4, 0.5) is 0 Å². The number of hydrogen-bond donors (Lipinski definition) is 2. The van der Waals surface area contributed by atoms with Crippen LogP contribution in [0.2, 0.25) is 0 Å². The molecule has 0 atom stereocenters. The fraction of sp³-hybridized carbons (Fsp3) is 0.208. The molecule has 0 radical (unpaired) electrons. The van der Waals surface area contributed by atoms with Gasteiger partial charge in [-0.25, -0.2) is 9.97 Å². The summed E-state index contributed by atoms with van der Waals surface area (Å²) in [6, 6.07) is 19.0. The van der Waals surface area contributed by atoms with Crippen molar-refractivity contribution in [3.05, 3.63) is 71.9 Å². The van der Waals surface area contributed by atoms with Crippen molar-refractivity contribution in [3.8, 4) is 22.9 Å². The fourth-order valence-corrected chi connectivity index (χ4v) is 3.20. The Morgan fingerprint density at radius 1 is 1.06 bits per heavy atom. The van der Waals surface area contributed by atoms with Gasteiger partial charge in [-0.1, -0.05) is 30.3 Å². The predicted octanol–water partition coefficient (Wildman–Crippen LogP) is 4.62. The van der Waals surface area contributed by atoms with Crippen molar-refractivity contribution < 1.29 is 19.4 Å². The van der Waals surface area contributed by atoms with Crippen molar-refractivity contribution in [2.24, 2.45) is 0 Å². The Labute approximate surface area is 179 Å². The van der Waals surface area contributed by atoms with Crippen molar-refractivity contribution in [1.82, 2.24) is 15.0 Å². The Hall–Kier alpha value is -3.87. The maximum absolute atomic E-state index is 11.0. The van der Waals surface area contributed by atoms with E-state index in [4.69, 9.17) is 14.6 Å². The number of aromatic nitrogens is 3. The number of carboxylic acids is 1. The van der Waals surface area contributed by atoms with Gasteiger partial charge < -0.3 is 19.6 Å². The SMILES string of the molecule is CC(C)Oc1ccc(OCc2ccccc2)cc1-c1nc2ccc(CC(=O)O)nc2[nH]1. The summed E-state index contributed by atoms with van der Waals surface area (Å²) in [4.78, 5) is 23.2. The quantitative estimate of drug-likeness (QED) is 0.434. The average molecular weight is 417 g/mol. The number of carbonyl (C=O) groups is 1. The Balaban J connectivity index is 1.67. The molecule has 0 fully saturated rings. The van der Waals surface area contributed by atoms with E-state index in [1.807, 2.05) is 62.4 Å². The molecule has 0 unspecified atom stereocenters. The third kappa shape index (κ3) is 5.01. The molecule has 0 amide bonds. The summed E-state index contributed by atoms with van der Waals surface area (Å²) in [5.41, 5.74) is 3.46. The second-order valence-electron chi connectivity index (χ2n) is 7.43. The van der Waals surface area contributed by atoms with Crippen LogP contribution in [-0.4, -0.2) is 32.1 Å². The van der Waals surface area contributed by atoms with Crippen LogP contribution in [0.1, 0.15) is 25.1 Å². The number of benzene rings is 2. The first-order valence-corrected chi connectivity index (χ1v) is 10.0. The summed E-state index contributed by atoms with van der Waals surface area (Å²) in [5.74, 6) is 1.01. The van der Waals surface area contributed by atoms with Crippen molar-refractivity contribution >= 4 is 17.1 Å². The van der Waals surface area contributed by atoms with Crippen LogP contribution in [-0.2, 0) is 17.8 Å². The van der Waals surface area contributed by atoms with E-state index in [0.717, 1.165) is 11.1 Å². The molecule has 4 rings (SSSR count). The maximum atomic E-state index is 11.0. The molecule has 7 nitrogen and oxygen atoms in total. The third-order valence-corrected chi connectivity index (χ3v) is 4.55. The molecule has 2 heterocycles. The van der Waals surface area contributed by atoms with Gasteiger partial charge in [0.1, 0.15) is 29.4 Å². The number of nitrogens with zero attached hydrogens (tertiary/aromatic N) is 2. The van der Waals surface area contributed by atoms with Crippen LogP contribution in [0.25, 0.3) is 22.6 Å². The van der Waals surface area contributed by atoms with Gasteiger partial charge in [0.2, 0.25) is 0 Å². The zero-order valence-corrected chi connectivity index (χ0v) is 17.3. The molecule has 2 aromatic heterocycles. The highest BCUT2D eigenvalue weighted by atomic mass is 16.5. The maximum Gasteiger partial charge on any atom is 0.309 e. The highest BCUT2D eigenvalue weighted by molar-refractivity contribution is 5.79. The molecule has 7 heteroatoms. The summed E-state index contributed by atoms with van der Waals surface area (Å²) >= 11 is 0. The van der Waals surface area contributed by atoms with Gasteiger partial charge in [-0.15, -0.1) is 0 Å². The Morgan fingerprint density at radius 2 is 1.87 bits per heavy atom. The highest BCUT2D eigenvalue weighted by Crippen LogP contribution is 2.34. The van der Waals surface area contributed by atoms with Crippen molar-refractivity contribution in [1.29, 1.82) is 0 Å². The molecule has 2 N–H and O–H groups in total. The molecule has 0 saturated carbocycles. The minimum Gasteiger partial charge on any atom is -0.490 e. The van der Waals surface area contributed by atoms with Crippen molar-refractivity contribution in [2.45, 2.75) is 33.0 Å². The number of ether oxygens (including phenoxy) is 2. The normalized spacial score (nSPS) is 11.1. The van der Waals surface area contributed by atoms with E-state index in [9.17, 15) is 4.79 Å². The molecule has 0 spiro atoms. The summed E-state index contributed by atoms with van der Waals surface area (Å²) in [7, 11) is 0. The summed E-state index contributed by atoms with van der Waals surface area (Å²) in [6.07, 6.45) is -0.158. The second-order valence-corrected chi connectivity index (χ2v) is 7.43. The van der Waals surface area contributed by atoms with Crippen molar-refractivity contribution in [3.63, 3.8) is 0 Å². The van der Waals surface area contributed by atoms with E-state index in [-0.39, 0.29) is 12.5 Å². The van der Waals surface area contributed by atoms with Crippen LogP contribution >= 0.6 is 0 Å². The number of aromatic amines is 1. The first-order valence-electron chi connectivity index (χ1n) is 10.0. The topological polar surface area (TPSA) is 97.3 Å². The van der Waals surface area contributed by atoms with Gasteiger partial charge in [-0.3, -0.25) is 4.79 Å². The van der Waals surface area contributed by atoms with E-state index < -0.39 is 5.97 Å². The number of carboxylic acid groups (broad SMARTS) is 1. The molecular weight excluding hydrogens is 394 g/mol. The van der Waals surface area contributed by atoms with Gasteiger partial charge >= 0.3 is 5.97 Å². The first-order chi connectivity index (χ1) is 15.0. The summed E-state index contributed by atoms with van der Waals surface area (Å²) in [5, 5.41) is 9.01. The lowest BCUT2D eigenvalue weighted by atomic mass is 10.1. The van der Waals surface area contributed by atoms with Gasteiger partial charge in [0.15, 0.2) is 5.65 Å². The van der Waals surface area contributed by atoms with Crippen LogP contribution in [0, 0.1) is 0 Å². The predicted molar refractivity (Wildman–Crippen MR) is 117 cm³/mol. The van der Waals surface area contributed by atoms with E-state index in [0.29, 0.717) is 40.8 Å². The monoisotopic (exact) mass is 417 g/mol. The Kier molecular flexibility index (Phi) is 5.84. The van der Waals surface area contributed by atoms with Crippen LogP contribution in [0.3, 0.4) is 0 Å². The van der Waals surface area contributed by atoms with Gasteiger partial charge in [0.25, 0.3) is 0 Å². The lowest BCUT2D eigenvalue weighted by Gasteiger charge is -2.15. The number of aliphatic carboxylic acids is 1. The Morgan fingerprint density at radius 3 is 2.61 bits per heavy atom. The molecular formula is C24H23N3O4. The zero-order valence-electron chi connectivity index (χ0n) is 17.3. The number of pyridine rings is 1. The number of hydrogen-bond acceptors (Lipinski definition) is 5. The molecule has 0 aliphatic rings. The smallest absolute Gasteiger partial charge is 0.309 e. The third-order valence-electron chi connectivity index (χ3n) is 4.55. The second kappa shape index (κ2) is 8.87. The van der Waals surface area contributed by atoms with Gasteiger partial charge in [-0.2, -0.15) is 0 Å².